The number of esters is 1. The Morgan fingerprint density at radius 3 is 2.22 bits per heavy atom. The van der Waals surface area contributed by atoms with Gasteiger partial charge in [0.15, 0.2) is 6.29 Å². The van der Waals surface area contributed by atoms with Crippen LogP contribution in [0.25, 0.3) is 0 Å². The van der Waals surface area contributed by atoms with Crippen molar-refractivity contribution in [2.75, 3.05) is 7.11 Å². The predicted octanol–water partition coefficient (Wildman–Crippen LogP) is 2.13. The molecule has 1 aromatic rings. The van der Waals surface area contributed by atoms with Crippen molar-refractivity contribution < 1.29 is 24.5 Å². The number of phenolic OH excluding ortho intramolecular Hbond substituents is 2. The molecule has 1 rings (SSSR count). The van der Waals surface area contributed by atoms with Crippen molar-refractivity contribution in [2.24, 2.45) is 0 Å². The molecule has 0 aliphatic heterocycles. The highest BCUT2D eigenvalue weighted by molar-refractivity contribution is 5.99. The highest BCUT2D eigenvalue weighted by Gasteiger charge is 2.26. The van der Waals surface area contributed by atoms with E-state index in [1.165, 1.54) is 14.0 Å². The second-order valence-electron chi connectivity index (χ2n) is 4.29. The average molecular weight is 252 g/mol. The SMILES string of the molecule is COC(=O)c1c(C)c(C=O)c(O)c(C(C)C)c1O. The molecule has 0 aliphatic carbocycles. The molecule has 5 nitrogen and oxygen atoms in total. The number of carbonyl (C=O) groups is 2. The number of methoxy groups -OCH3 is 1. The summed E-state index contributed by atoms with van der Waals surface area (Å²) in [5.74, 6) is -1.61. The molecular formula is C13H16O5. The first-order valence-electron chi connectivity index (χ1n) is 5.48. The van der Waals surface area contributed by atoms with Gasteiger partial charge in [-0.1, -0.05) is 13.8 Å². The topological polar surface area (TPSA) is 83.8 Å². The van der Waals surface area contributed by atoms with Gasteiger partial charge in [0.25, 0.3) is 0 Å². The smallest absolute Gasteiger partial charge is 0.341 e. The fourth-order valence-electron chi connectivity index (χ4n) is 1.92. The summed E-state index contributed by atoms with van der Waals surface area (Å²) in [5, 5.41) is 20.0. The lowest BCUT2D eigenvalue weighted by Gasteiger charge is -2.17. The molecule has 0 unspecified atom stereocenters. The molecular weight excluding hydrogens is 236 g/mol. The van der Waals surface area contributed by atoms with E-state index in [-0.39, 0.29) is 39.7 Å². The van der Waals surface area contributed by atoms with E-state index < -0.39 is 5.97 Å². The Balaban J connectivity index is 3.78. The summed E-state index contributed by atoms with van der Waals surface area (Å²) in [6.45, 7) is 4.94. The largest absolute Gasteiger partial charge is 0.507 e. The number of rotatable bonds is 3. The van der Waals surface area contributed by atoms with Crippen molar-refractivity contribution in [3.63, 3.8) is 0 Å². The molecule has 0 amide bonds. The predicted molar refractivity (Wildman–Crippen MR) is 65.3 cm³/mol. The van der Waals surface area contributed by atoms with Crippen LogP contribution in [0.5, 0.6) is 11.5 Å². The second-order valence-corrected chi connectivity index (χ2v) is 4.29. The lowest BCUT2D eigenvalue weighted by atomic mass is 9.91. The number of benzene rings is 1. The molecule has 5 heteroatoms. The lowest BCUT2D eigenvalue weighted by molar-refractivity contribution is 0.0596. The third-order valence-corrected chi connectivity index (χ3v) is 2.87. The van der Waals surface area contributed by atoms with E-state index in [1.54, 1.807) is 13.8 Å². The molecule has 0 aromatic heterocycles. The summed E-state index contributed by atoms with van der Waals surface area (Å²) in [6, 6.07) is 0. The molecule has 0 saturated heterocycles. The molecule has 0 spiro atoms. The van der Waals surface area contributed by atoms with E-state index in [2.05, 4.69) is 4.74 Å². The summed E-state index contributed by atoms with van der Waals surface area (Å²) in [4.78, 5) is 22.6. The summed E-state index contributed by atoms with van der Waals surface area (Å²) in [7, 11) is 1.18. The van der Waals surface area contributed by atoms with Gasteiger partial charge in [-0.05, 0) is 18.4 Å². The monoisotopic (exact) mass is 252 g/mol. The molecule has 1 aromatic carbocycles. The van der Waals surface area contributed by atoms with Gasteiger partial charge in [-0.2, -0.15) is 0 Å². The molecule has 18 heavy (non-hydrogen) atoms. The van der Waals surface area contributed by atoms with Crippen LogP contribution < -0.4 is 0 Å². The van der Waals surface area contributed by atoms with Gasteiger partial charge < -0.3 is 14.9 Å². The number of carbonyl (C=O) groups excluding carboxylic acids is 2. The highest BCUT2D eigenvalue weighted by Crippen LogP contribution is 2.41. The van der Waals surface area contributed by atoms with E-state index in [9.17, 15) is 19.8 Å². The highest BCUT2D eigenvalue weighted by atomic mass is 16.5. The number of ether oxygens (including phenoxy) is 1. The van der Waals surface area contributed by atoms with Crippen molar-refractivity contribution in [1.29, 1.82) is 0 Å². The first-order valence-corrected chi connectivity index (χ1v) is 5.48. The summed E-state index contributed by atoms with van der Waals surface area (Å²) in [6.07, 6.45) is 0.461. The second kappa shape index (κ2) is 5.08. The van der Waals surface area contributed by atoms with E-state index in [0.29, 0.717) is 6.29 Å². The molecule has 98 valence electrons. The first kappa shape index (κ1) is 14.0. The van der Waals surface area contributed by atoms with Crippen molar-refractivity contribution in [3.05, 3.63) is 22.3 Å². The van der Waals surface area contributed by atoms with Crippen molar-refractivity contribution >= 4 is 12.3 Å². The maximum absolute atomic E-state index is 11.6. The van der Waals surface area contributed by atoms with Crippen molar-refractivity contribution in [1.82, 2.24) is 0 Å². The summed E-state index contributed by atoms with van der Waals surface area (Å²) in [5.41, 5.74) is 0.289. The fraction of sp³-hybridized carbons (Fsp3) is 0.385. The third kappa shape index (κ3) is 2.03. The van der Waals surface area contributed by atoms with E-state index in [1.807, 2.05) is 0 Å². The van der Waals surface area contributed by atoms with Gasteiger partial charge in [0, 0.05) is 5.56 Å². The van der Waals surface area contributed by atoms with Gasteiger partial charge in [-0.25, -0.2) is 4.79 Å². The lowest BCUT2D eigenvalue weighted by Crippen LogP contribution is -2.09. The van der Waals surface area contributed by atoms with Crippen LogP contribution >= 0.6 is 0 Å². The molecule has 0 fully saturated rings. The zero-order chi connectivity index (χ0) is 14.0. The quantitative estimate of drug-likeness (QED) is 0.636. The van der Waals surface area contributed by atoms with Crippen LogP contribution in [0.1, 0.15) is 51.6 Å². The number of aromatic hydroxyl groups is 2. The maximum atomic E-state index is 11.6. The zero-order valence-corrected chi connectivity index (χ0v) is 10.8. The fourth-order valence-corrected chi connectivity index (χ4v) is 1.92. The van der Waals surface area contributed by atoms with Crippen LogP contribution in [0.2, 0.25) is 0 Å². The number of phenols is 2. The number of aldehydes is 1. The van der Waals surface area contributed by atoms with E-state index >= 15 is 0 Å². The van der Waals surface area contributed by atoms with Gasteiger partial charge in [0.2, 0.25) is 0 Å². The Morgan fingerprint density at radius 2 is 1.83 bits per heavy atom. The molecule has 0 atom stereocenters. The zero-order valence-electron chi connectivity index (χ0n) is 10.8. The molecule has 0 radical (unpaired) electrons. The number of hydrogen-bond acceptors (Lipinski definition) is 5. The number of hydrogen-bond donors (Lipinski definition) is 2. The minimum absolute atomic E-state index is 0.00287. The van der Waals surface area contributed by atoms with Crippen molar-refractivity contribution in [3.8, 4) is 11.5 Å². The Kier molecular flexibility index (Phi) is 3.96. The summed E-state index contributed by atoms with van der Waals surface area (Å²) >= 11 is 0. The molecule has 0 aliphatic rings. The van der Waals surface area contributed by atoms with Gasteiger partial charge >= 0.3 is 5.97 Å². The maximum Gasteiger partial charge on any atom is 0.341 e. The molecule has 0 heterocycles. The van der Waals surface area contributed by atoms with Crippen LogP contribution in [0.15, 0.2) is 0 Å². The van der Waals surface area contributed by atoms with Gasteiger partial charge in [0.05, 0.1) is 12.7 Å². The Labute approximate surface area is 105 Å². The minimum atomic E-state index is -0.741. The Hall–Kier alpha value is -2.04. The molecule has 0 bridgehead atoms. The Morgan fingerprint density at radius 1 is 1.28 bits per heavy atom. The summed E-state index contributed by atoms with van der Waals surface area (Å²) < 4.78 is 4.58. The van der Waals surface area contributed by atoms with Gasteiger partial charge in [0.1, 0.15) is 17.1 Å². The van der Waals surface area contributed by atoms with Crippen LogP contribution in [0, 0.1) is 6.92 Å². The molecule has 0 saturated carbocycles. The van der Waals surface area contributed by atoms with Gasteiger partial charge in [-0.15, -0.1) is 0 Å². The van der Waals surface area contributed by atoms with Gasteiger partial charge in [-0.3, -0.25) is 4.79 Å². The minimum Gasteiger partial charge on any atom is -0.507 e. The average Bonchev–Trinajstić information content (AvgIpc) is 2.28. The van der Waals surface area contributed by atoms with Crippen LogP contribution in [-0.2, 0) is 4.74 Å². The normalized spacial score (nSPS) is 10.5. The third-order valence-electron chi connectivity index (χ3n) is 2.87. The van der Waals surface area contributed by atoms with E-state index in [4.69, 9.17) is 0 Å². The van der Waals surface area contributed by atoms with Crippen molar-refractivity contribution in [2.45, 2.75) is 26.7 Å². The standard InChI is InChI=1S/C13H16O5/c1-6(2)9-11(15)8(5-14)7(3)10(12(9)16)13(17)18-4/h5-6,15-16H,1-4H3. The van der Waals surface area contributed by atoms with Crippen LogP contribution in [0.4, 0.5) is 0 Å². The Bertz CT molecular complexity index is 503. The first-order chi connectivity index (χ1) is 8.36. The van der Waals surface area contributed by atoms with Crippen LogP contribution in [-0.4, -0.2) is 29.6 Å². The molecule has 2 N–H and O–H groups in total. The van der Waals surface area contributed by atoms with E-state index in [0.717, 1.165) is 0 Å². The van der Waals surface area contributed by atoms with Crippen LogP contribution in [0.3, 0.4) is 0 Å².